The number of halogens is 1. The number of benzene rings is 1. The lowest BCUT2D eigenvalue weighted by molar-refractivity contribution is 0.00661. The molecule has 0 saturated carbocycles. The van der Waals surface area contributed by atoms with Crippen LogP contribution in [0.15, 0.2) is 18.2 Å². The number of nitrogens with zero attached hydrogens (tertiary/aromatic N) is 2. The lowest BCUT2D eigenvalue weighted by Gasteiger charge is -2.25. The zero-order valence-electron chi connectivity index (χ0n) is 11.4. The predicted molar refractivity (Wildman–Crippen MR) is 77.6 cm³/mol. The van der Waals surface area contributed by atoms with Gasteiger partial charge in [0, 0.05) is 6.61 Å². The van der Waals surface area contributed by atoms with Crippen molar-refractivity contribution >= 4 is 22.6 Å². The van der Waals surface area contributed by atoms with Crippen molar-refractivity contribution in [1.29, 1.82) is 0 Å². The van der Waals surface area contributed by atoms with E-state index >= 15 is 0 Å². The molecule has 3 rings (SSSR count). The van der Waals surface area contributed by atoms with Crippen LogP contribution < -0.4 is 0 Å². The SMILES string of the molecule is Cc1cccc2c1nc(CCl)n2CC1(C)CCCO1. The molecule has 0 bridgehead atoms. The molecule has 0 aliphatic carbocycles. The van der Waals surface area contributed by atoms with E-state index in [-0.39, 0.29) is 5.60 Å². The maximum absolute atomic E-state index is 6.06. The van der Waals surface area contributed by atoms with Gasteiger partial charge in [-0.1, -0.05) is 12.1 Å². The molecular weight excluding hydrogens is 260 g/mol. The Morgan fingerprint density at radius 1 is 1.47 bits per heavy atom. The highest BCUT2D eigenvalue weighted by Crippen LogP contribution is 2.30. The number of ether oxygens (including phenoxy) is 1. The molecule has 2 aromatic rings. The third kappa shape index (κ3) is 2.26. The first kappa shape index (κ1) is 12.9. The van der Waals surface area contributed by atoms with Gasteiger partial charge in [0.25, 0.3) is 0 Å². The van der Waals surface area contributed by atoms with Gasteiger partial charge in [0.2, 0.25) is 0 Å². The van der Waals surface area contributed by atoms with Crippen molar-refractivity contribution in [2.45, 2.75) is 44.7 Å². The van der Waals surface area contributed by atoms with E-state index in [4.69, 9.17) is 16.3 Å². The Hall–Kier alpha value is -1.06. The van der Waals surface area contributed by atoms with Gasteiger partial charge in [-0.25, -0.2) is 4.98 Å². The largest absolute Gasteiger partial charge is 0.373 e. The van der Waals surface area contributed by atoms with E-state index in [1.165, 1.54) is 5.56 Å². The van der Waals surface area contributed by atoms with Crippen LogP contribution in [0, 0.1) is 6.92 Å². The van der Waals surface area contributed by atoms with E-state index < -0.39 is 0 Å². The molecule has 1 aliphatic rings. The van der Waals surface area contributed by atoms with Gasteiger partial charge in [-0.05, 0) is 38.3 Å². The molecule has 102 valence electrons. The lowest BCUT2D eigenvalue weighted by atomic mass is 10.0. The number of hydrogen-bond donors (Lipinski definition) is 0. The first-order chi connectivity index (χ1) is 9.13. The van der Waals surface area contributed by atoms with E-state index in [0.717, 1.165) is 42.9 Å². The van der Waals surface area contributed by atoms with Crippen LogP contribution in [-0.4, -0.2) is 21.8 Å². The smallest absolute Gasteiger partial charge is 0.124 e. The molecule has 1 atom stereocenters. The highest BCUT2D eigenvalue weighted by molar-refractivity contribution is 6.16. The molecule has 3 nitrogen and oxygen atoms in total. The summed E-state index contributed by atoms with van der Waals surface area (Å²) in [6, 6.07) is 6.28. The van der Waals surface area contributed by atoms with E-state index in [1.807, 2.05) is 0 Å². The van der Waals surface area contributed by atoms with Gasteiger partial charge >= 0.3 is 0 Å². The van der Waals surface area contributed by atoms with E-state index in [2.05, 4.69) is 41.6 Å². The summed E-state index contributed by atoms with van der Waals surface area (Å²) in [6.45, 7) is 5.96. The molecule has 1 unspecified atom stereocenters. The number of aryl methyl sites for hydroxylation is 1. The van der Waals surface area contributed by atoms with Crippen LogP contribution in [0.3, 0.4) is 0 Å². The summed E-state index contributed by atoms with van der Waals surface area (Å²) in [5.41, 5.74) is 3.32. The third-order valence-corrected chi connectivity index (χ3v) is 4.21. The highest BCUT2D eigenvalue weighted by atomic mass is 35.5. The van der Waals surface area contributed by atoms with Gasteiger partial charge < -0.3 is 9.30 Å². The average Bonchev–Trinajstić information content (AvgIpc) is 2.96. The van der Waals surface area contributed by atoms with Gasteiger partial charge in [0.05, 0.1) is 29.1 Å². The summed E-state index contributed by atoms with van der Waals surface area (Å²) in [7, 11) is 0. The minimum Gasteiger partial charge on any atom is -0.373 e. The topological polar surface area (TPSA) is 27.1 Å². The zero-order chi connectivity index (χ0) is 13.5. The second kappa shape index (κ2) is 4.80. The molecule has 1 aromatic heterocycles. The van der Waals surface area contributed by atoms with Crippen LogP contribution in [0.2, 0.25) is 0 Å². The molecule has 4 heteroatoms. The van der Waals surface area contributed by atoms with Crippen LogP contribution >= 0.6 is 11.6 Å². The summed E-state index contributed by atoms with van der Waals surface area (Å²) in [5, 5.41) is 0. The van der Waals surface area contributed by atoms with Crippen molar-refractivity contribution in [3.63, 3.8) is 0 Å². The summed E-state index contributed by atoms with van der Waals surface area (Å²) in [6.07, 6.45) is 2.23. The Morgan fingerprint density at radius 2 is 2.32 bits per heavy atom. The minimum atomic E-state index is -0.0851. The molecule has 0 spiro atoms. The van der Waals surface area contributed by atoms with Crippen molar-refractivity contribution in [3.8, 4) is 0 Å². The third-order valence-electron chi connectivity index (χ3n) is 3.97. The van der Waals surface area contributed by atoms with Gasteiger partial charge in [-0.3, -0.25) is 0 Å². The van der Waals surface area contributed by atoms with Gasteiger partial charge in [-0.15, -0.1) is 11.6 Å². The molecule has 19 heavy (non-hydrogen) atoms. The van der Waals surface area contributed by atoms with Crippen molar-refractivity contribution in [1.82, 2.24) is 9.55 Å². The zero-order valence-corrected chi connectivity index (χ0v) is 12.2. The van der Waals surface area contributed by atoms with Crippen LogP contribution in [-0.2, 0) is 17.2 Å². The first-order valence-electron chi connectivity index (χ1n) is 6.78. The molecular formula is C15H19ClN2O. The molecule has 0 N–H and O–H groups in total. The summed E-state index contributed by atoms with van der Waals surface area (Å²) >= 11 is 6.06. The average molecular weight is 279 g/mol. The molecule has 0 radical (unpaired) electrons. The van der Waals surface area contributed by atoms with Gasteiger partial charge in [0.1, 0.15) is 5.82 Å². The normalized spacial score (nSPS) is 23.3. The van der Waals surface area contributed by atoms with E-state index in [0.29, 0.717) is 5.88 Å². The Morgan fingerprint density at radius 3 is 3.00 bits per heavy atom. The Bertz CT molecular complexity index is 599. The quantitative estimate of drug-likeness (QED) is 0.802. The summed E-state index contributed by atoms with van der Waals surface area (Å²) < 4.78 is 8.12. The monoisotopic (exact) mass is 278 g/mol. The molecule has 1 saturated heterocycles. The first-order valence-corrected chi connectivity index (χ1v) is 7.31. The van der Waals surface area contributed by atoms with E-state index in [1.54, 1.807) is 0 Å². The molecule has 2 heterocycles. The number of aromatic nitrogens is 2. The van der Waals surface area contributed by atoms with E-state index in [9.17, 15) is 0 Å². The predicted octanol–water partition coefficient (Wildman–Crippen LogP) is 3.65. The number of fused-ring (bicyclic) bond motifs is 1. The van der Waals surface area contributed by atoms with Crippen molar-refractivity contribution < 1.29 is 4.74 Å². The lowest BCUT2D eigenvalue weighted by Crippen LogP contribution is -2.30. The maximum Gasteiger partial charge on any atom is 0.124 e. The number of alkyl halides is 1. The number of hydrogen-bond acceptors (Lipinski definition) is 2. The fourth-order valence-corrected chi connectivity index (χ4v) is 3.11. The van der Waals surface area contributed by atoms with Gasteiger partial charge in [0.15, 0.2) is 0 Å². The number of rotatable bonds is 3. The minimum absolute atomic E-state index is 0.0851. The highest BCUT2D eigenvalue weighted by Gasteiger charge is 2.31. The number of imidazole rings is 1. The second-order valence-corrected chi connectivity index (χ2v) is 5.86. The second-order valence-electron chi connectivity index (χ2n) is 5.59. The summed E-state index contributed by atoms with van der Waals surface area (Å²) in [5.74, 6) is 1.37. The van der Waals surface area contributed by atoms with Crippen LogP contribution in [0.4, 0.5) is 0 Å². The van der Waals surface area contributed by atoms with Crippen molar-refractivity contribution in [2.75, 3.05) is 6.61 Å². The fourth-order valence-electron chi connectivity index (χ4n) is 2.91. The molecule has 0 amide bonds. The molecule has 1 aromatic carbocycles. The maximum atomic E-state index is 6.06. The van der Waals surface area contributed by atoms with Crippen molar-refractivity contribution in [2.24, 2.45) is 0 Å². The van der Waals surface area contributed by atoms with Crippen LogP contribution in [0.25, 0.3) is 11.0 Å². The number of para-hydroxylation sites is 1. The fraction of sp³-hybridized carbons (Fsp3) is 0.533. The van der Waals surface area contributed by atoms with Gasteiger partial charge in [-0.2, -0.15) is 0 Å². The van der Waals surface area contributed by atoms with Crippen LogP contribution in [0.5, 0.6) is 0 Å². The van der Waals surface area contributed by atoms with Crippen LogP contribution in [0.1, 0.15) is 31.2 Å². The molecule has 1 fully saturated rings. The molecule has 1 aliphatic heterocycles. The Labute approximate surface area is 118 Å². The Balaban J connectivity index is 2.08. The van der Waals surface area contributed by atoms with Crippen molar-refractivity contribution in [3.05, 3.63) is 29.6 Å². The summed E-state index contributed by atoms with van der Waals surface area (Å²) in [4.78, 5) is 4.68. The standard InChI is InChI=1S/C15H19ClN2O/c1-11-5-3-6-12-14(11)17-13(9-16)18(12)10-15(2)7-4-8-19-15/h3,5-6H,4,7-10H2,1-2H3. The Kier molecular flexibility index (Phi) is 3.27.